The molecule has 2 heterocycles. The molecular formula is C12H13BN4O. The van der Waals surface area contributed by atoms with Crippen LogP contribution >= 0.6 is 0 Å². The highest BCUT2D eigenvalue weighted by atomic mass is 16.5. The number of hydrogen-bond acceptors (Lipinski definition) is 5. The number of aromatic nitrogens is 3. The minimum atomic E-state index is 0.359. The van der Waals surface area contributed by atoms with Gasteiger partial charge in [0.2, 0.25) is 11.8 Å². The Hall–Kier alpha value is -2.11. The molecule has 0 aliphatic carbocycles. The van der Waals surface area contributed by atoms with Gasteiger partial charge in [-0.3, -0.25) is 0 Å². The van der Waals surface area contributed by atoms with Crippen molar-refractivity contribution in [2.75, 3.05) is 18.5 Å². The van der Waals surface area contributed by atoms with E-state index >= 15 is 0 Å². The second kappa shape index (κ2) is 5.49. The Labute approximate surface area is 107 Å². The first kappa shape index (κ1) is 12.4. The van der Waals surface area contributed by atoms with E-state index in [0.717, 1.165) is 6.54 Å². The van der Waals surface area contributed by atoms with Crippen molar-refractivity contribution in [3.8, 4) is 11.6 Å². The van der Waals surface area contributed by atoms with Crippen molar-refractivity contribution in [2.45, 2.75) is 6.92 Å². The average molecular weight is 240 g/mol. The molecule has 0 amide bonds. The lowest BCUT2D eigenvalue weighted by Crippen LogP contribution is -2.18. The van der Waals surface area contributed by atoms with E-state index < -0.39 is 0 Å². The van der Waals surface area contributed by atoms with Crippen LogP contribution in [0.2, 0.25) is 0 Å². The average Bonchev–Trinajstić information content (AvgIpc) is 2.41. The van der Waals surface area contributed by atoms with E-state index in [1.807, 2.05) is 18.9 Å². The van der Waals surface area contributed by atoms with Crippen LogP contribution in [0.15, 0.2) is 30.7 Å². The summed E-state index contributed by atoms with van der Waals surface area (Å²) in [5.74, 6) is 1.52. The van der Waals surface area contributed by atoms with Gasteiger partial charge in [0.25, 0.3) is 0 Å². The number of rotatable bonds is 4. The van der Waals surface area contributed by atoms with Gasteiger partial charge in [0.15, 0.2) is 5.75 Å². The molecule has 0 N–H and O–H groups in total. The Morgan fingerprint density at radius 3 is 2.61 bits per heavy atom. The molecule has 0 atom stereocenters. The maximum Gasteiger partial charge on any atom is 0.225 e. The number of nitrogens with zero attached hydrogens (tertiary/aromatic N) is 4. The summed E-state index contributed by atoms with van der Waals surface area (Å²) in [6.07, 6.45) is 4.82. The van der Waals surface area contributed by atoms with Crippen molar-refractivity contribution < 1.29 is 4.74 Å². The van der Waals surface area contributed by atoms with Crippen molar-refractivity contribution in [3.05, 3.63) is 30.7 Å². The molecule has 0 fully saturated rings. The van der Waals surface area contributed by atoms with Gasteiger partial charge in [0.05, 0.1) is 12.4 Å². The minimum absolute atomic E-state index is 0.359. The van der Waals surface area contributed by atoms with Crippen LogP contribution in [0.1, 0.15) is 6.92 Å². The second-order valence-electron chi connectivity index (χ2n) is 3.73. The summed E-state index contributed by atoms with van der Waals surface area (Å²) in [5, 5.41) is 0. The van der Waals surface area contributed by atoms with Gasteiger partial charge in [0.1, 0.15) is 7.85 Å². The first-order valence-electron chi connectivity index (χ1n) is 5.62. The monoisotopic (exact) mass is 240 g/mol. The smallest absolute Gasteiger partial charge is 0.225 e. The second-order valence-corrected chi connectivity index (χ2v) is 3.73. The molecule has 0 saturated carbocycles. The topological polar surface area (TPSA) is 51.1 Å². The Bertz CT molecular complexity index is 518. The van der Waals surface area contributed by atoms with Crippen LogP contribution in [0.4, 0.5) is 5.95 Å². The highest BCUT2D eigenvalue weighted by Gasteiger charge is 2.05. The number of anilines is 1. The van der Waals surface area contributed by atoms with Gasteiger partial charge in [-0.25, -0.2) is 15.0 Å². The van der Waals surface area contributed by atoms with Crippen molar-refractivity contribution in [1.82, 2.24) is 15.0 Å². The summed E-state index contributed by atoms with van der Waals surface area (Å²) in [7, 11) is 7.65. The molecule has 2 radical (unpaired) electrons. The molecule has 0 saturated heterocycles. The standard InChI is InChI=1S/C12H13BN4O/c1-3-17(2)12-15-7-9(8-16-12)18-11-10(13)5-4-6-14-11/h4-8H,3H2,1-2H3. The predicted octanol–water partition coefficient (Wildman–Crippen LogP) is 0.914. The SMILES string of the molecule is [B]c1cccnc1Oc1cnc(N(C)CC)nc1. The zero-order valence-corrected chi connectivity index (χ0v) is 10.4. The molecule has 0 aromatic carbocycles. The van der Waals surface area contributed by atoms with Crippen molar-refractivity contribution in [1.29, 1.82) is 0 Å². The lowest BCUT2D eigenvalue weighted by atomic mass is 9.98. The molecule has 6 heteroatoms. The van der Waals surface area contributed by atoms with Crippen LogP contribution in [0.5, 0.6) is 11.6 Å². The minimum Gasteiger partial charge on any atom is -0.436 e. The number of pyridine rings is 1. The molecule has 0 spiro atoms. The van der Waals surface area contributed by atoms with Crippen LogP contribution in [0, 0.1) is 0 Å². The molecule has 2 aromatic heterocycles. The highest BCUT2D eigenvalue weighted by molar-refractivity contribution is 6.33. The van der Waals surface area contributed by atoms with Crippen LogP contribution in [-0.2, 0) is 0 Å². The van der Waals surface area contributed by atoms with E-state index in [4.69, 9.17) is 12.6 Å². The zero-order chi connectivity index (χ0) is 13.0. The van der Waals surface area contributed by atoms with Crippen LogP contribution in [0.3, 0.4) is 0 Å². The number of ether oxygens (including phenoxy) is 1. The van der Waals surface area contributed by atoms with E-state index in [2.05, 4.69) is 15.0 Å². The molecule has 0 bridgehead atoms. The lowest BCUT2D eigenvalue weighted by molar-refractivity contribution is 0.462. The van der Waals surface area contributed by atoms with Gasteiger partial charge in [-0.15, -0.1) is 0 Å². The molecule has 18 heavy (non-hydrogen) atoms. The first-order valence-corrected chi connectivity index (χ1v) is 5.62. The third-order valence-corrected chi connectivity index (χ3v) is 2.45. The molecule has 2 aromatic rings. The van der Waals surface area contributed by atoms with Gasteiger partial charge < -0.3 is 9.64 Å². The van der Waals surface area contributed by atoms with Crippen molar-refractivity contribution in [2.24, 2.45) is 0 Å². The summed E-state index contributed by atoms with van der Waals surface area (Å²) in [4.78, 5) is 14.4. The van der Waals surface area contributed by atoms with Crippen LogP contribution in [-0.4, -0.2) is 36.4 Å². The van der Waals surface area contributed by atoms with Gasteiger partial charge in [-0.1, -0.05) is 6.07 Å². The molecule has 5 nitrogen and oxygen atoms in total. The molecule has 2 rings (SSSR count). The molecule has 0 aliphatic heterocycles. The van der Waals surface area contributed by atoms with E-state index in [9.17, 15) is 0 Å². The first-order chi connectivity index (χ1) is 8.70. The van der Waals surface area contributed by atoms with E-state index in [0.29, 0.717) is 23.0 Å². The maximum absolute atomic E-state index is 5.73. The zero-order valence-electron chi connectivity index (χ0n) is 10.4. The molecule has 0 aliphatic rings. The largest absolute Gasteiger partial charge is 0.436 e. The third kappa shape index (κ3) is 2.77. The fourth-order valence-corrected chi connectivity index (χ4v) is 1.30. The summed E-state index contributed by atoms with van der Waals surface area (Å²) in [6.45, 7) is 2.87. The Balaban J connectivity index is 2.14. The fraction of sp³-hybridized carbons (Fsp3) is 0.250. The third-order valence-electron chi connectivity index (χ3n) is 2.45. The van der Waals surface area contributed by atoms with Crippen LogP contribution < -0.4 is 15.1 Å². The fourth-order valence-electron chi connectivity index (χ4n) is 1.30. The normalized spacial score (nSPS) is 10.1. The lowest BCUT2D eigenvalue weighted by Gasteiger charge is -2.14. The number of hydrogen-bond donors (Lipinski definition) is 0. The Morgan fingerprint density at radius 1 is 1.28 bits per heavy atom. The Morgan fingerprint density at radius 2 is 2.00 bits per heavy atom. The van der Waals surface area contributed by atoms with Gasteiger partial charge in [-0.05, 0) is 18.5 Å². The van der Waals surface area contributed by atoms with E-state index in [1.165, 1.54) is 0 Å². The summed E-state index contributed by atoms with van der Waals surface area (Å²) < 4.78 is 5.50. The molecular weight excluding hydrogens is 227 g/mol. The predicted molar refractivity (Wildman–Crippen MR) is 70.7 cm³/mol. The van der Waals surface area contributed by atoms with Gasteiger partial charge in [-0.2, -0.15) is 0 Å². The Kier molecular flexibility index (Phi) is 3.77. The highest BCUT2D eigenvalue weighted by Crippen LogP contribution is 2.16. The summed E-state index contributed by atoms with van der Waals surface area (Å²) in [5.41, 5.74) is 0.479. The molecule has 0 unspecified atom stereocenters. The van der Waals surface area contributed by atoms with Crippen molar-refractivity contribution in [3.63, 3.8) is 0 Å². The van der Waals surface area contributed by atoms with Crippen LogP contribution in [0.25, 0.3) is 0 Å². The van der Waals surface area contributed by atoms with Gasteiger partial charge >= 0.3 is 0 Å². The van der Waals surface area contributed by atoms with E-state index in [1.54, 1.807) is 30.7 Å². The quantitative estimate of drug-likeness (QED) is 0.743. The summed E-state index contributed by atoms with van der Waals surface area (Å²) >= 11 is 0. The van der Waals surface area contributed by atoms with Crippen molar-refractivity contribution >= 4 is 19.3 Å². The summed E-state index contributed by atoms with van der Waals surface area (Å²) in [6, 6.07) is 3.47. The van der Waals surface area contributed by atoms with Gasteiger partial charge in [0, 0.05) is 19.8 Å². The maximum atomic E-state index is 5.73. The van der Waals surface area contributed by atoms with E-state index in [-0.39, 0.29) is 0 Å². The molecule has 90 valence electrons.